The van der Waals surface area contributed by atoms with E-state index in [9.17, 15) is 0 Å². The predicted octanol–water partition coefficient (Wildman–Crippen LogP) is 16.4. The molecular formula is C61H39NO. The smallest absolute Gasteiger partial charge is 0.143 e. The summed E-state index contributed by atoms with van der Waals surface area (Å²) in [5.41, 5.74) is 22.1. The maximum absolute atomic E-state index is 6.51. The summed E-state index contributed by atoms with van der Waals surface area (Å²) < 4.78 is 6.51. The lowest BCUT2D eigenvalue weighted by molar-refractivity contribution is 0.670. The highest BCUT2D eigenvalue weighted by Gasteiger charge is 2.51. The molecule has 0 bridgehead atoms. The number of hydrogen-bond donors (Lipinski definition) is 0. The summed E-state index contributed by atoms with van der Waals surface area (Å²) in [6.45, 7) is 0. The fourth-order valence-electron chi connectivity index (χ4n) is 10.9. The molecule has 0 atom stereocenters. The second-order valence-corrected chi connectivity index (χ2v) is 16.7. The number of benzene rings is 10. The van der Waals surface area contributed by atoms with Gasteiger partial charge < -0.3 is 9.32 Å². The SMILES string of the molecule is c1ccc(-c2ccccc2-c2cccc(N(c3ccc(-c4cccc5c4oc4ccccc45)cc3)c3ccc4c(c3)C3(c5ccccc5-c5ccccc53)c3ccccc3-4)c2)cc1. The van der Waals surface area contributed by atoms with Gasteiger partial charge in [-0.15, -0.1) is 0 Å². The lowest BCUT2D eigenvalue weighted by Gasteiger charge is -2.32. The summed E-state index contributed by atoms with van der Waals surface area (Å²) in [5, 5.41) is 2.26. The van der Waals surface area contributed by atoms with E-state index >= 15 is 0 Å². The van der Waals surface area contributed by atoms with E-state index < -0.39 is 5.41 Å². The Balaban J connectivity index is 1.02. The van der Waals surface area contributed by atoms with Crippen LogP contribution in [0.4, 0.5) is 17.1 Å². The summed E-state index contributed by atoms with van der Waals surface area (Å²) in [5.74, 6) is 0. The van der Waals surface area contributed by atoms with E-state index in [4.69, 9.17) is 4.42 Å². The fraction of sp³-hybridized carbons (Fsp3) is 0.0164. The Morgan fingerprint density at radius 3 is 1.46 bits per heavy atom. The summed E-state index contributed by atoms with van der Waals surface area (Å²) in [6, 6.07) is 86.5. The second kappa shape index (κ2) is 13.9. The van der Waals surface area contributed by atoms with Crippen LogP contribution < -0.4 is 4.90 Å². The molecule has 2 heteroatoms. The van der Waals surface area contributed by atoms with Crippen LogP contribution in [0, 0.1) is 0 Å². The second-order valence-electron chi connectivity index (χ2n) is 16.7. The van der Waals surface area contributed by atoms with Crippen LogP contribution in [0.5, 0.6) is 0 Å². The lowest BCUT2D eigenvalue weighted by atomic mass is 9.70. The van der Waals surface area contributed by atoms with E-state index in [1.165, 1.54) is 61.2 Å². The molecule has 10 aromatic carbocycles. The van der Waals surface area contributed by atoms with Gasteiger partial charge in [-0.1, -0.05) is 194 Å². The van der Waals surface area contributed by atoms with Gasteiger partial charge in [0.2, 0.25) is 0 Å². The molecule has 0 fully saturated rings. The van der Waals surface area contributed by atoms with Crippen molar-refractivity contribution in [2.75, 3.05) is 4.90 Å². The molecule has 13 rings (SSSR count). The van der Waals surface area contributed by atoms with Gasteiger partial charge >= 0.3 is 0 Å². The fourth-order valence-corrected chi connectivity index (χ4v) is 10.9. The summed E-state index contributed by atoms with van der Waals surface area (Å²) >= 11 is 0. The van der Waals surface area contributed by atoms with Crippen LogP contribution in [-0.2, 0) is 5.41 Å². The van der Waals surface area contributed by atoms with Gasteiger partial charge in [0.25, 0.3) is 0 Å². The predicted molar refractivity (Wildman–Crippen MR) is 261 cm³/mol. The minimum atomic E-state index is -0.452. The van der Waals surface area contributed by atoms with Gasteiger partial charge in [0, 0.05) is 33.4 Å². The zero-order valence-corrected chi connectivity index (χ0v) is 34.4. The van der Waals surface area contributed by atoms with Crippen molar-refractivity contribution in [2.24, 2.45) is 0 Å². The summed E-state index contributed by atoms with van der Waals surface area (Å²) in [7, 11) is 0. The van der Waals surface area contributed by atoms with Crippen LogP contribution in [0.15, 0.2) is 241 Å². The molecule has 1 heterocycles. The van der Waals surface area contributed by atoms with Crippen LogP contribution in [0.25, 0.3) is 77.6 Å². The number of rotatable bonds is 6. The first-order valence-electron chi connectivity index (χ1n) is 21.8. The third-order valence-electron chi connectivity index (χ3n) is 13.5. The molecule has 11 aromatic rings. The van der Waals surface area contributed by atoms with Crippen LogP contribution in [0.1, 0.15) is 22.3 Å². The van der Waals surface area contributed by atoms with Gasteiger partial charge in [-0.3, -0.25) is 0 Å². The number of fused-ring (bicyclic) bond motifs is 13. The Labute approximate surface area is 366 Å². The van der Waals surface area contributed by atoms with Crippen molar-refractivity contribution in [3.8, 4) is 55.6 Å². The molecule has 2 aliphatic rings. The Hall–Kier alpha value is -8.20. The number of para-hydroxylation sites is 2. The van der Waals surface area contributed by atoms with Crippen molar-refractivity contribution < 1.29 is 4.42 Å². The molecule has 1 aromatic heterocycles. The van der Waals surface area contributed by atoms with Gasteiger partial charge in [0.1, 0.15) is 11.2 Å². The first-order valence-corrected chi connectivity index (χ1v) is 21.8. The van der Waals surface area contributed by atoms with Crippen molar-refractivity contribution in [1.29, 1.82) is 0 Å². The summed E-state index contributed by atoms with van der Waals surface area (Å²) in [6.07, 6.45) is 0. The van der Waals surface area contributed by atoms with Crippen molar-refractivity contribution in [2.45, 2.75) is 5.41 Å². The molecule has 63 heavy (non-hydrogen) atoms. The Morgan fingerprint density at radius 2 is 0.762 bits per heavy atom. The van der Waals surface area contributed by atoms with E-state index in [1.807, 2.05) is 6.07 Å². The minimum absolute atomic E-state index is 0.452. The lowest BCUT2D eigenvalue weighted by Crippen LogP contribution is -2.26. The van der Waals surface area contributed by atoms with Gasteiger partial charge in [-0.2, -0.15) is 0 Å². The molecule has 0 N–H and O–H groups in total. The van der Waals surface area contributed by atoms with Crippen molar-refractivity contribution in [1.82, 2.24) is 0 Å². The molecule has 0 radical (unpaired) electrons. The van der Waals surface area contributed by atoms with Crippen LogP contribution in [-0.4, -0.2) is 0 Å². The highest BCUT2D eigenvalue weighted by Crippen LogP contribution is 2.63. The highest BCUT2D eigenvalue weighted by atomic mass is 16.3. The van der Waals surface area contributed by atoms with E-state index in [1.54, 1.807) is 0 Å². The van der Waals surface area contributed by atoms with Gasteiger partial charge in [0.05, 0.1) is 5.41 Å². The molecule has 0 aliphatic heterocycles. The average Bonchev–Trinajstić information content (AvgIpc) is 3.99. The van der Waals surface area contributed by atoms with E-state index in [0.717, 1.165) is 55.7 Å². The molecule has 0 unspecified atom stereocenters. The number of furan rings is 1. The maximum atomic E-state index is 6.51. The van der Waals surface area contributed by atoms with E-state index in [2.05, 4.69) is 235 Å². The Bertz CT molecular complexity index is 3510. The normalized spacial score (nSPS) is 12.9. The molecule has 0 amide bonds. The molecule has 0 saturated heterocycles. The quantitative estimate of drug-likeness (QED) is 0.167. The molecule has 294 valence electrons. The Morgan fingerprint density at radius 1 is 0.286 bits per heavy atom. The van der Waals surface area contributed by atoms with Crippen LogP contribution >= 0.6 is 0 Å². The van der Waals surface area contributed by atoms with Crippen LogP contribution in [0.2, 0.25) is 0 Å². The Kier molecular flexibility index (Phi) is 7.85. The standard InChI is InChI=1S/C61H39NO/c1-2-16-40(17-3-1)46-20-4-5-21-47(46)42-18-14-19-44(38-42)62(43-34-32-41(33-35-43)48-26-15-27-54-53-25-9-13-31-59(53)63-60(48)54)45-36-37-52-51-24-8-12-30-57(51)61(58(52)39-45)55-28-10-6-22-49(55)50-23-7-11-29-56(50)61/h1-39H. The van der Waals surface area contributed by atoms with Crippen LogP contribution in [0.3, 0.4) is 0 Å². The van der Waals surface area contributed by atoms with Crippen molar-refractivity contribution in [3.63, 3.8) is 0 Å². The number of nitrogens with zero attached hydrogens (tertiary/aromatic N) is 1. The van der Waals surface area contributed by atoms with Crippen molar-refractivity contribution in [3.05, 3.63) is 259 Å². The molecule has 1 spiro atoms. The third-order valence-corrected chi connectivity index (χ3v) is 13.5. The van der Waals surface area contributed by atoms with E-state index in [-0.39, 0.29) is 0 Å². The van der Waals surface area contributed by atoms with Gasteiger partial charge in [-0.25, -0.2) is 0 Å². The van der Waals surface area contributed by atoms with Gasteiger partial charge in [0.15, 0.2) is 0 Å². The topological polar surface area (TPSA) is 16.4 Å². The zero-order chi connectivity index (χ0) is 41.5. The molecule has 2 nitrogen and oxygen atoms in total. The third kappa shape index (κ3) is 5.25. The number of anilines is 3. The zero-order valence-electron chi connectivity index (χ0n) is 34.4. The summed E-state index contributed by atoms with van der Waals surface area (Å²) in [4.78, 5) is 2.43. The average molecular weight is 802 g/mol. The molecule has 0 saturated carbocycles. The highest BCUT2D eigenvalue weighted by molar-refractivity contribution is 6.09. The first kappa shape index (κ1) is 35.5. The van der Waals surface area contributed by atoms with Crippen molar-refractivity contribution >= 4 is 39.0 Å². The molecule has 2 aliphatic carbocycles. The largest absolute Gasteiger partial charge is 0.455 e. The minimum Gasteiger partial charge on any atom is -0.455 e. The monoisotopic (exact) mass is 801 g/mol. The molecular weight excluding hydrogens is 763 g/mol. The number of hydrogen-bond acceptors (Lipinski definition) is 2. The first-order chi connectivity index (χ1) is 31.3. The van der Waals surface area contributed by atoms with Gasteiger partial charge in [-0.05, 0) is 115 Å². The van der Waals surface area contributed by atoms with E-state index in [0.29, 0.717) is 0 Å². The maximum Gasteiger partial charge on any atom is 0.143 e.